The second-order valence-electron chi connectivity index (χ2n) is 1.49. The number of benzene rings is 1. The molecule has 2 nitrogen and oxygen atoms in total. The molecule has 0 bridgehead atoms. The molecule has 4 heteroatoms. The van der Waals surface area contributed by atoms with Crippen molar-refractivity contribution in [2.75, 3.05) is 0 Å². The van der Waals surface area contributed by atoms with Gasteiger partial charge < -0.3 is 23.7 Å². The molecule has 1 aromatic carbocycles. The molecule has 0 aliphatic carbocycles. The van der Waals surface area contributed by atoms with Gasteiger partial charge in [0, 0.05) is 22.4 Å². The predicted molar refractivity (Wildman–Crippen MR) is 36.0 cm³/mol. The van der Waals surface area contributed by atoms with E-state index in [0.717, 1.165) is 26.1 Å². The second kappa shape index (κ2) is 17.1. The summed E-state index contributed by atoms with van der Waals surface area (Å²) in [7, 11) is 0. The van der Waals surface area contributed by atoms with Crippen LogP contribution in [0.25, 0.3) is 0 Å². The summed E-state index contributed by atoms with van der Waals surface area (Å²) in [6.07, 6.45) is 0. The number of hydrogen-bond acceptors (Lipinski definition) is 2. The minimum atomic E-state index is 0. The first kappa shape index (κ1) is 17.8. The molecular formula is C8H5AuHgN2-2. The Morgan fingerprint density at radius 1 is 0.917 bits per heavy atom. The van der Waals surface area contributed by atoms with Crippen LogP contribution in [0.2, 0.25) is 0 Å². The van der Waals surface area contributed by atoms with Crippen molar-refractivity contribution in [2.24, 2.45) is 0 Å². The third-order valence-corrected chi connectivity index (χ3v) is 2.68. The van der Waals surface area contributed by atoms with Crippen LogP contribution in [-0.4, -0.2) is 0 Å². The molecule has 0 unspecified atom stereocenters. The van der Waals surface area contributed by atoms with E-state index in [-0.39, 0.29) is 22.4 Å². The van der Waals surface area contributed by atoms with Crippen molar-refractivity contribution in [3.8, 4) is 0 Å². The summed E-state index contributed by atoms with van der Waals surface area (Å²) in [6.45, 7) is 9.50. The first-order chi connectivity index (χ1) is 5.39. The monoisotopic (exact) mass is 528 g/mol. The van der Waals surface area contributed by atoms with Crippen LogP contribution in [0.1, 0.15) is 0 Å². The zero-order valence-corrected chi connectivity index (χ0v) is 14.0. The van der Waals surface area contributed by atoms with E-state index in [1.807, 2.05) is 0 Å². The van der Waals surface area contributed by atoms with Crippen molar-refractivity contribution in [1.82, 2.24) is 0 Å². The van der Waals surface area contributed by atoms with Gasteiger partial charge in [-0.2, -0.15) is 0 Å². The zero-order valence-electron chi connectivity index (χ0n) is 6.29. The van der Waals surface area contributed by atoms with E-state index in [1.54, 1.807) is 0 Å². The molecule has 0 saturated heterocycles. The van der Waals surface area contributed by atoms with Crippen molar-refractivity contribution in [2.45, 2.75) is 0 Å². The molecule has 0 aliphatic heterocycles. The molecule has 1 rings (SSSR count). The van der Waals surface area contributed by atoms with Crippen molar-refractivity contribution in [3.63, 3.8) is 0 Å². The Morgan fingerprint density at radius 2 is 1.25 bits per heavy atom. The van der Waals surface area contributed by atoms with Crippen molar-refractivity contribution in [1.29, 1.82) is 10.5 Å². The van der Waals surface area contributed by atoms with Crippen LogP contribution in [0.5, 0.6) is 0 Å². The summed E-state index contributed by atoms with van der Waals surface area (Å²) in [6, 6.07) is 10.6. The van der Waals surface area contributed by atoms with Gasteiger partial charge in [0.05, 0.1) is 0 Å². The Kier molecular flexibility index (Phi) is 25.4. The quantitative estimate of drug-likeness (QED) is 0.375. The molecule has 0 atom stereocenters. The Balaban J connectivity index is -0.000000144. The van der Waals surface area contributed by atoms with Gasteiger partial charge in [0.1, 0.15) is 0 Å². The first-order valence-corrected chi connectivity index (χ1v) is 5.46. The van der Waals surface area contributed by atoms with E-state index in [9.17, 15) is 0 Å². The van der Waals surface area contributed by atoms with Crippen LogP contribution in [0.3, 0.4) is 0 Å². The fraction of sp³-hybridized carbons (Fsp3) is 0. The molecule has 0 amide bonds. The molecule has 12 heavy (non-hydrogen) atoms. The van der Waals surface area contributed by atoms with Crippen molar-refractivity contribution >= 4 is 3.07 Å². The fourth-order valence-electron chi connectivity index (χ4n) is 0.478. The van der Waals surface area contributed by atoms with Crippen LogP contribution in [-0.2, 0) is 48.5 Å². The molecule has 0 saturated carbocycles. The summed E-state index contributed by atoms with van der Waals surface area (Å²) in [5.41, 5.74) is 0. The summed E-state index contributed by atoms with van der Waals surface area (Å²) in [4.78, 5) is 0. The third kappa shape index (κ3) is 12.5. The first-order valence-electron chi connectivity index (χ1n) is 2.71. The zero-order chi connectivity index (χ0) is 9.11. The van der Waals surface area contributed by atoms with Gasteiger partial charge in [0.15, 0.2) is 0 Å². The number of hydrogen-bond donors (Lipinski definition) is 0. The van der Waals surface area contributed by atoms with Crippen LogP contribution in [0.15, 0.2) is 30.3 Å². The van der Waals surface area contributed by atoms with E-state index < -0.39 is 0 Å². The maximum absolute atomic E-state index is 6.25. The minimum absolute atomic E-state index is 0. The van der Waals surface area contributed by atoms with Gasteiger partial charge in [0.2, 0.25) is 0 Å². The van der Waals surface area contributed by atoms with Crippen molar-refractivity contribution in [3.05, 3.63) is 43.5 Å². The predicted octanol–water partition coefficient (Wildman–Crippen LogP) is 1.05. The Labute approximate surface area is 105 Å². The molecule has 0 aliphatic rings. The number of nitrogens with zero attached hydrogens (tertiary/aromatic N) is 2. The van der Waals surface area contributed by atoms with Crippen LogP contribution in [0, 0.1) is 23.7 Å². The SMILES string of the molecule is [Au].[C-]#N.[C-]#N.[Hg][c]1ccccc1. The van der Waals surface area contributed by atoms with Crippen LogP contribution >= 0.6 is 0 Å². The third-order valence-electron chi connectivity index (χ3n) is 0.843. The van der Waals surface area contributed by atoms with Gasteiger partial charge in [-0.1, -0.05) is 0 Å². The summed E-state index contributed by atoms with van der Waals surface area (Å²) >= 11 is 0.810. The second-order valence-corrected chi connectivity index (χ2v) is 4.66. The normalized spacial score (nSPS) is 5.50. The fourth-order valence-corrected chi connectivity index (χ4v) is 1.54. The van der Waals surface area contributed by atoms with Crippen LogP contribution < -0.4 is 3.07 Å². The molecule has 1 radical (unpaired) electrons. The van der Waals surface area contributed by atoms with E-state index in [1.165, 1.54) is 3.07 Å². The van der Waals surface area contributed by atoms with E-state index in [4.69, 9.17) is 23.7 Å². The molecule has 0 spiro atoms. The molecule has 0 aromatic heterocycles. The summed E-state index contributed by atoms with van der Waals surface area (Å²) in [5.74, 6) is 0. The van der Waals surface area contributed by atoms with Gasteiger partial charge in [-0.15, -0.1) is 0 Å². The van der Waals surface area contributed by atoms with Crippen molar-refractivity contribution < 1.29 is 48.5 Å². The van der Waals surface area contributed by atoms with E-state index in [2.05, 4.69) is 30.3 Å². The molecule has 0 fully saturated rings. The molecular weight excluding hydrogens is 522 g/mol. The summed E-state index contributed by atoms with van der Waals surface area (Å²) in [5, 5.41) is 12.5. The summed E-state index contributed by atoms with van der Waals surface area (Å²) < 4.78 is 1.52. The maximum atomic E-state index is 6.25. The van der Waals surface area contributed by atoms with Gasteiger partial charge in [0.25, 0.3) is 0 Å². The standard InChI is InChI=1S/C6H5.2CN.Au.Hg/c1-2-4-6-5-3-1;2*1-2;;/h1-5H;;;;/q;2*-1;;. The molecule has 0 N–H and O–H groups in total. The van der Waals surface area contributed by atoms with Gasteiger partial charge in [-0.05, 0) is 0 Å². The van der Waals surface area contributed by atoms with E-state index in [0.29, 0.717) is 0 Å². The Morgan fingerprint density at radius 3 is 1.42 bits per heavy atom. The molecule has 0 heterocycles. The Bertz CT molecular complexity index is 202. The van der Waals surface area contributed by atoms with Crippen LogP contribution in [0.4, 0.5) is 0 Å². The van der Waals surface area contributed by atoms with Gasteiger partial charge >= 0.3 is 59.5 Å². The van der Waals surface area contributed by atoms with Gasteiger partial charge in [-0.25, -0.2) is 0 Å². The molecule has 1 aromatic rings. The average molecular weight is 527 g/mol. The van der Waals surface area contributed by atoms with Gasteiger partial charge in [-0.3, -0.25) is 0 Å². The number of rotatable bonds is 0. The van der Waals surface area contributed by atoms with E-state index >= 15 is 0 Å². The Hall–Kier alpha value is -0.125. The molecule has 62 valence electrons. The average Bonchev–Trinajstić information content (AvgIpc) is 2.13. The topological polar surface area (TPSA) is 47.6 Å².